The molecule has 0 radical (unpaired) electrons. The average molecular weight is 475 g/mol. The van der Waals surface area contributed by atoms with Gasteiger partial charge in [-0.1, -0.05) is 18.2 Å². The third-order valence-electron chi connectivity index (χ3n) is 5.73. The van der Waals surface area contributed by atoms with E-state index in [0.717, 1.165) is 10.6 Å². The Morgan fingerprint density at radius 1 is 1.12 bits per heavy atom. The summed E-state index contributed by atoms with van der Waals surface area (Å²) < 4.78 is 5.27. The smallest absolute Gasteiger partial charge is 0.258 e. The Hall–Kier alpha value is -3.89. The summed E-state index contributed by atoms with van der Waals surface area (Å²) in [6.45, 7) is 0.524. The number of hydrogen-bond acceptors (Lipinski definition) is 9. The van der Waals surface area contributed by atoms with Crippen molar-refractivity contribution in [1.82, 2.24) is 24.8 Å². The highest BCUT2D eigenvalue weighted by Gasteiger charge is 2.45. The maximum atomic E-state index is 12.5. The molecule has 0 saturated carbocycles. The van der Waals surface area contributed by atoms with Gasteiger partial charge >= 0.3 is 0 Å². The van der Waals surface area contributed by atoms with Gasteiger partial charge in [0.25, 0.3) is 5.91 Å². The minimum Gasteiger partial charge on any atom is -0.480 e. The molecule has 1 amide bonds. The second kappa shape index (κ2) is 8.81. The zero-order valence-corrected chi connectivity index (χ0v) is 19.4. The van der Waals surface area contributed by atoms with Crippen molar-refractivity contribution in [3.63, 3.8) is 0 Å². The van der Waals surface area contributed by atoms with Crippen molar-refractivity contribution in [2.75, 3.05) is 26.0 Å². The van der Waals surface area contributed by atoms with Gasteiger partial charge in [0.05, 0.1) is 12.8 Å². The van der Waals surface area contributed by atoms with E-state index >= 15 is 0 Å². The number of nitrogens with zero attached hydrogens (tertiary/aromatic N) is 5. The lowest BCUT2D eigenvalue weighted by Crippen LogP contribution is -2.36. The molecule has 1 atom stereocenters. The molecule has 2 N–H and O–H groups in total. The van der Waals surface area contributed by atoms with Gasteiger partial charge in [-0.05, 0) is 29.8 Å². The number of benzene rings is 1. The number of hydrogen-bond donors (Lipinski definition) is 2. The minimum absolute atomic E-state index is 0.282. The van der Waals surface area contributed by atoms with E-state index in [1.807, 2.05) is 29.6 Å². The van der Waals surface area contributed by atoms with Crippen LogP contribution in [-0.2, 0) is 10.4 Å². The molecular formula is C24H22N6O3S. The summed E-state index contributed by atoms with van der Waals surface area (Å²) in [4.78, 5) is 31.8. The van der Waals surface area contributed by atoms with E-state index in [9.17, 15) is 9.90 Å². The number of anilines is 2. The summed E-state index contributed by atoms with van der Waals surface area (Å²) in [5.74, 6) is 0.558. The van der Waals surface area contributed by atoms with Gasteiger partial charge in [-0.3, -0.25) is 4.79 Å². The van der Waals surface area contributed by atoms with E-state index in [0.29, 0.717) is 47.4 Å². The first-order chi connectivity index (χ1) is 16.5. The predicted octanol–water partition coefficient (Wildman–Crippen LogP) is 3.46. The molecule has 0 spiro atoms. The molecule has 9 nitrogen and oxygen atoms in total. The molecule has 1 aliphatic rings. The minimum atomic E-state index is -1.49. The molecule has 1 fully saturated rings. The Morgan fingerprint density at radius 2 is 2.00 bits per heavy atom. The van der Waals surface area contributed by atoms with Crippen molar-refractivity contribution in [3.8, 4) is 27.8 Å². The van der Waals surface area contributed by atoms with Crippen molar-refractivity contribution in [1.29, 1.82) is 0 Å². The summed E-state index contributed by atoms with van der Waals surface area (Å²) in [5, 5.41) is 16.8. The molecule has 1 unspecified atom stereocenters. The molecule has 0 aliphatic carbocycles. The SMILES string of the molecule is COc1ncccc1Nc1nccc(-c2csc(-c3cccc(C4(O)CCN(C)C4=O)c3)n2)n1. The summed E-state index contributed by atoms with van der Waals surface area (Å²) in [5.41, 5.74) is 1.93. The van der Waals surface area contributed by atoms with Gasteiger partial charge in [0, 0.05) is 43.4 Å². The Labute approximate surface area is 200 Å². The molecular weight excluding hydrogens is 452 g/mol. The number of likely N-dealkylation sites (tertiary alicyclic amines) is 1. The largest absolute Gasteiger partial charge is 0.480 e. The Balaban J connectivity index is 1.41. The van der Waals surface area contributed by atoms with Gasteiger partial charge in [0.1, 0.15) is 16.4 Å². The van der Waals surface area contributed by atoms with E-state index in [1.54, 1.807) is 49.7 Å². The van der Waals surface area contributed by atoms with Crippen molar-refractivity contribution in [3.05, 3.63) is 65.8 Å². The lowest BCUT2D eigenvalue weighted by molar-refractivity contribution is -0.143. The summed E-state index contributed by atoms with van der Waals surface area (Å²) >= 11 is 1.47. The molecule has 4 aromatic rings. The number of carbonyl (C=O) groups is 1. The molecule has 0 bridgehead atoms. The fraction of sp³-hybridized carbons (Fsp3) is 0.208. The highest BCUT2D eigenvalue weighted by atomic mass is 32.1. The number of methoxy groups -OCH3 is 1. The Kier molecular flexibility index (Phi) is 5.68. The zero-order chi connectivity index (χ0) is 23.7. The van der Waals surface area contributed by atoms with E-state index in [2.05, 4.69) is 20.3 Å². The average Bonchev–Trinajstić information content (AvgIpc) is 3.47. The highest BCUT2D eigenvalue weighted by molar-refractivity contribution is 7.13. The summed E-state index contributed by atoms with van der Waals surface area (Å²) in [7, 11) is 3.25. The second-order valence-corrected chi connectivity index (χ2v) is 8.76. The van der Waals surface area contributed by atoms with Crippen LogP contribution < -0.4 is 10.1 Å². The molecule has 1 aliphatic heterocycles. The number of likely N-dealkylation sites (N-methyl/N-ethyl adjacent to an activating group) is 1. The molecule has 4 heterocycles. The molecule has 1 aromatic carbocycles. The molecule has 172 valence electrons. The number of amides is 1. The van der Waals surface area contributed by atoms with Crippen molar-refractivity contribution < 1.29 is 14.6 Å². The second-order valence-electron chi connectivity index (χ2n) is 7.91. The first kappa shape index (κ1) is 21.9. The Morgan fingerprint density at radius 3 is 2.79 bits per heavy atom. The maximum absolute atomic E-state index is 12.5. The number of carbonyl (C=O) groups excluding carboxylic acids is 1. The third kappa shape index (κ3) is 3.97. The first-order valence-corrected chi connectivity index (χ1v) is 11.5. The van der Waals surface area contributed by atoms with E-state index < -0.39 is 5.60 Å². The summed E-state index contributed by atoms with van der Waals surface area (Å²) in [6, 6.07) is 12.8. The first-order valence-electron chi connectivity index (χ1n) is 10.6. The van der Waals surface area contributed by atoms with Crippen molar-refractivity contribution >= 4 is 28.9 Å². The van der Waals surface area contributed by atoms with Crippen LogP contribution in [0.1, 0.15) is 12.0 Å². The Bertz CT molecular complexity index is 1360. The van der Waals surface area contributed by atoms with Gasteiger partial charge in [0.15, 0.2) is 5.60 Å². The normalized spacial score (nSPS) is 17.7. The highest BCUT2D eigenvalue weighted by Crippen LogP contribution is 2.36. The predicted molar refractivity (Wildman–Crippen MR) is 129 cm³/mol. The van der Waals surface area contributed by atoms with Crippen LogP contribution in [0.2, 0.25) is 0 Å². The quantitative estimate of drug-likeness (QED) is 0.437. The molecule has 5 rings (SSSR count). The number of pyridine rings is 1. The van der Waals surface area contributed by atoms with Gasteiger partial charge in [0.2, 0.25) is 11.8 Å². The van der Waals surface area contributed by atoms with Crippen LogP contribution >= 0.6 is 11.3 Å². The lowest BCUT2D eigenvalue weighted by atomic mass is 9.91. The topological polar surface area (TPSA) is 113 Å². The van der Waals surface area contributed by atoms with Gasteiger partial charge in [-0.15, -0.1) is 11.3 Å². The monoisotopic (exact) mass is 474 g/mol. The van der Waals surface area contributed by atoms with Crippen LogP contribution in [-0.4, -0.2) is 56.6 Å². The van der Waals surface area contributed by atoms with Crippen LogP contribution in [0.4, 0.5) is 11.6 Å². The van der Waals surface area contributed by atoms with Gasteiger partial charge in [-0.25, -0.2) is 19.9 Å². The van der Waals surface area contributed by atoms with Crippen LogP contribution in [0.15, 0.2) is 60.2 Å². The standard InChI is InChI=1S/C24H22N6O3S/c1-30-12-9-24(32,22(30)31)16-6-3-5-15(13-16)21-27-19(14-34-21)17-8-11-26-23(28-17)29-18-7-4-10-25-20(18)33-2/h3-8,10-11,13-14,32H,9,12H2,1-2H3,(H,26,28,29). The van der Waals surface area contributed by atoms with Crippen LogP contribution in [0, 0.1) is 0 Å². The molecule has 10 heteroatoms. The number of rotatable bonds is 6. The fourth-order valence-corrected chi connectivity index (χ4v) is 4.70. The van der Waals surface area contributed by atoms with Crippen LogP contribution in [0.25, 0.3) is 22.0 Å². The third-order valence-corrected chi connectivity index (χ3v) is 6.62. The van der Waals surface area contributed by atoms with Gasteiger partial charge < -0.3 is 20.1 Å². The lowest BCUT2D eigenvalue weighted by Gasteiger charge is -2.21. The van der Waals surface area contributed by atoms with E-state index in [-0.39, 0.29) is 5.91 Å². The molecule has 1 saturated heterocycles. The molecule has 34 heavy (non-hydrogen) atoms. The van der Waals surface area contributed by atoms with Crippen molar-refractivity contribution in [2.24, 2.45) is 0 Å². The maximum Gasteiger partial charge on any atom is 0.258 e. The van der Waals surface area contributed by atoms with Gasteiger partial charge in [-0.2, -0.15) is 0 Å². The number of aliphatic hydroxyl groups is 1. The van der Waals surface area contributed by atoms with Crippen LogP contribution in [0.5, 0.6) is 5.88 Å². The fourth-order valence-electron chi connectivity index (χ4n) is 3.89. The van der Waals surface area contributed by atoms with Crippen LogP contribution in [0.3, 0.4) is 0 Å². The number of ether oxygens (including phenoxy) is 1. The number of nitrogens with one attached hydrogen (secondary N) is 1. The van der Waals surface area contributed by atoms with Crippen molar-refractivity contribution in [2.45, 2.75) is 12.0 Å². The molecule has 3 aromatic heterocycles. The number of aromatic nitrogens is 4. The zero-order valence-electron chi connectivity index (χ0n) is 18.6. The van der Waals surface area contributed by atoms with E-state index in [4.69, 9.17) is 9.72 Å². The summed E-state index contributed by atoms with van der Waals surface area (Å²) in [6.07, 6.45) is 3.67. The van der Waals surface area contributed by atoms with E-state index in [1.165, 1.54) is 11.3 Å². The number of thiazole rings is 1.